The third kappa shape index (κ3) is 4.22. The van der Waals surface area contributed by atoms with Gasteiger partial charge < -0.3 is 15.3 Å². The molecule has 118 valence electrons. The second-order valence-electron chi connectivity index (χ2n) is 5.71. The molecule has 1 amide bonds. The number of nitriles is 1. The summed E-state index contributed by atoms with van der Waals surface area (Å²) in [7, 11) is 0. The molecule has 0 bridgehead atoms. The third-order valence-electron chi connectivity index (χ3n) is 4.00. The van der Waals surface area contributed by atoms with Crippen molar-refractivity contribution < 1.29 is 9.90 Å². The van der Waals surface area contributed by atoms with Crippen molar-refractivity contribution in [1.29, 1.82) is 5.26 Å². The zero-order valence-electron chi connectivity index (χ0n) is 13.0. The first-order chi connectivity index (χ1) is 10.6. The van der Waals surface area contributed by atoms with E-state index >= 15 is 0 Å². The molecule has 22 heavy (non-hydrogen) atoms. The van der Waals surface area contributed by atoms with Crippen LogP contribution in [0.25, 0.3) is 0 Å². The first-order valence-electron chi connectivity index (χ1n) is 7.87. The first kappa shape index (κ1) is 16.3. The number of amides is 1. The number of aliphatic hydroxyl groups excluding tert-OH is 1. The Bertz CT molecular complexity index is 528. The van der Waals surface area contributed by atoms with E-state index < -0.39 is 6.04 Å². The summed E-state index contributed by atoms with van der Waals surface area (Å²) < 4.78 is 0. The number of carbonyl (C=O) groups excluding carboxylic acids is 1. The van der Waals surface area contributed by atoms with Crippen molar-refractivity contribution in [2.24, 2.45) is 0 Å². The van der Waals surface area contributed by atoms with Gasteiger partial charge in [-0.2, -0.15) is 5.26 Å². The maximum absolute atomic E-state index is 12.1. The number of piperidine rings is 1. The number of benzene rings is 1. The van der Waals surface area contributed by atoms with Gasteiger partial charge in [-0.15, -0.1) is 0 Å². The van der Waals surface area contributed by atoms with Crippen LogP contribution in [-0.4, -0.2) is 36.2 Å². The van der Waals surface area contributed by atoms with Crippen LogP contribution in [-0.2, 0) is 0 Å². The number of hydrogen-bond donors (Lipinski definition) is 2. The molecule has 0 radical (unpaired) electrons. The molecule has 1 aromatic rings. The van der Waals surface area contributed by atoms with Crippen LogP contribution in [0.5, 0.6) is 0 Å². The normalized spacial score (nSPS) is 16.9. The summed E-state index contributed by atoms with van der Waals surface area (Å²) in [6, 6.07) is 9.10. The minimum Gasteiger partial charge on any atom is -0.393 e. The van der Waals surface area contributed by atoms with Crippen molar-refractivity contribution in [3.8, 4) is 6.07 Å². The monoisotopic (exact) mass is 301 g/mol. The number of nitrogens with one attached hydrogen (secondary N) is 1. The van der Waals surface area contributed by atoms with Gasteiger partial charge in [-0.3, -0.25) is 4.79 Å². The van der Waals surface area contributed by atoms with Crippen molar-refractivity contribution in [3.05, 3.63) is 29.8 Å². The largest absolute Gasteiger partial charge is 0.393 e. The summed E-state index contributed by atoms with van der Waals surface area (Å²) in [6.45, 7) is 3.65. The second kappa shape index (κ2) is 7.81. The van der Waals surface area contributed by atoms with E-state index in [9.17, 15) is 9.90 Å². The molecule has 1 aliphatic heterocycles. The summed E-state index contributed by atoms with van der Waals surface area (Å²) in [4.78, 5) is 14.3. The van der Waals surface area contributed by atoms with E-state index in [1.807, 2.05) is 19.1 Å². The van der Waals surface area contributed by atoms with Crippen LogP contribution >= 0.6 is 0 Å². The minimum atomic E-state index is -0.430. The predicted octanol–water partition coefficient (Wildman–Crippen LogP) is 2.07. The maximum atomic E-state index is 12.1. The molecule has 0 aliphatic carbocycles. The van der Waals surface area contributed by atoms with Crippen molar-refractivity contribution in [3.63, 3.8) is 0 Å². The Balaban J connectivity index is 1.96. The first-order valence-corrected chi connectivity index (χ1v) is 7.87. The summed E-state index contributed by atoms with van der Waals surface area (Å²) in [5.74, 6) is -0.208. The SMILES string of the molecule is CCCC(C#N)NC(=O)c1ccc(N2CCC(O)CC2)cc1. The lowest BCUT2D eigenvalue weighted by Gasteiger charge is -2.31. The standard InChI is InChI=1S/C17H23N3O2/c1-2-3-14(12-18)19-17(22)13-4-6-15(7-5-13)20-10-8-16(21)9-11-20/h4-7,14,16,21H,2-3,8-11H2,1H3,(H,19,22). The molecule has 1 saturated heterocycles. The fourth-order valence-corrected chi connectivity index (χ4v) is 2.65. The number of hydrogen-bond acceptors (Lipinski definition) is 4. The zero-order valence-corrected chi connectivity index (χ0v) is 13.0. The van der Waals surface area contributed by atoms with Gasteiger partial charge in [0, 0.05) is 24.3 Å². The van der Waals surface area contributed by atoms with Crippen molar-refractivity contribution in [1.82, 2.24) is 5.32 Å². The smallest absolute Gasteiger partial charge is 0.252 e. The highest BCUT2D eigenvalue weighted by molar-refractivity contribution is 5.94. The van der Waals surface area contributed by atoms with Gasteiger partial charge in [0.05, 0.1) is 12.2 Å². The molecule has 1 unspecified atom stereocenters. The number of nitrogens with zero attached hydrogens (tertiary/aromatic N) is 2. The van der Waals surface area contributed by atoms with Gasteiger partial charge in [-0.1, -0.05) is 13.3 Å². The molecule has 0 aromatic heterocycles. The molecule has 2 rings (SSSR count). The lowest BCUT2D eigenvalue weighted by molar-refractivity contribution is 0.0944. The Hall–Kier alpha value is -2.06. The van der Waals surface area contributed by atoms with Crippen LogP contribution in [0, 0.1) is 11.3 Å². The molecule has 1 fully saturated rings. The Kier molecular flexibility index (Phi) is 5.79. The van der Waals surface area contributed by atoms with Gasteiger partial charge in [0.25, 0.3) is 5.91 Å². The Morgan fingerprint density at radius 1 is 1.41 bits per heavy atom. The lowest BCUT2D eigenvalue weighted by atomic mass is 10.1. The van der Waals surface area contributed by atoms with Gasteiger partial charge in [0.2, 0.25) is 0 Å². The van der Waals surface area contributed by atoms with Crippen LogP contribution in [0.3, 0.4) is 0 Å². The molecule has 1 aromatic carbocycles. The van der Waals surface area contributed by atoms with Crippen LogP contribution in [0.1, 0.15) is 43.0 Å². The van der Waals surface area contributed by atoms with Crippen molar-refractivity contribution >= 4 is 11.6 Å². The highest BCUT2D eigenvalue weighted by Gasteiger charge is 2.18. The molecule has 0 saturated carbocycles. The summed E-state index contributed by atoms with van der Waals surface area (Å²) in [5, 5.41) is 21.3. The lowest BCUT2D eigenvalue weighted by Crippen LogP contribution is -2.36. The van der Waals surface area contributed by atoms with Crippen LogP contribution in [0.2, 0.25) is 0 Å². The van der Waals surface area contributed by atoms with Crippen LogP contribution in [0.4, 0.5) is 5.69 Å². The quantitative estimate of drug-likeness (QED) is 0.873. The molecule has 1 heterocycles. The van der Waals surface area contributed by atoms with E-state index in [1.165, 1.54) is 0 Å². The molecule has 5 nitrogen and oxygen atoms in total. The Morgan fingerprint density at radius 2 is 2.05 bits per heavy atom. The van der Waals surface area contributed by atoms with E-state index in [4.69, 9.17) is 5.26 Å². The maximum Gasteiger partial charge on any atom is 0.252 e. The summed E-state index contributed by atoms with van der Waals surface area (Å²) >= 11 is 0. The van der Waals surface area contributed by atoms with Crippen LogP contribution < -0.4 is 10.2 Å². The zero-order chi connectivity index (χ0) is 15.9. The van der Waals surface area contributed by atoms with Gasteiger partial charge in [0.1, 0.15) is 6.04 Å². The summed E-state index contributed by atoms with van der Waals surface area (Å²) in [5.41, 5.74) is 1.63. The molecular formula is C17H23N3O2. The van der Waals surface area contributed by atoms with E-state index in [-0.39, 0.29) is 12.0 Å². The molecule has 1 aliphatic rings. The molecule has 1 atom stereocenters. The number of aliphatic hydroxyl groups is 1. The highest BCUT2D eigenvalue weighted by Crippen LogP contribution is 2.20. The summed E-state index contributed by atoms with van der Waals surface area (Å²) in [6.07, 6.45) is 2.89. The average molecular weight is 301 g/mol. The highest BCUT2D eigenvalue weighted by atomic mass is 16.3. The second-order valence-corrected chi connectivity index (χ2v) is 5.71. The van der Waals surface area contributed by atoms with E-state index in [2.05, 4.69) is 16.3 Å². The Morgan fingerprint density at radius 3 is 2.59 bits per heavy atom. The van der Waals surface area contributed by atoms with Gasteiger partial charge in [-0.25, -0.2) is 0 Å². The molecule has 2 N–H and O–H groups in total. The van der Waals surface area contributed by atoms with Gasteiger partial charge in [0.15, 0.2) is 0 Å². The van der Waals surface area contributed by atoms with E-state index in [1.54, 1.807) is 12.1 Å². The predicted molar refractivity (Wildman–Crippen MR) is 85.7 cm³/mol. The van der Waals surface area contributed by atoms with Crippen molar-refractivity contribution in [2.75, 3.05) is 18.0 Å². The number of rotatable bonds is 5. The van der Waals surface area contributed by atoms with E-state index in [0.717, 1.165) is 38.0 Å². The van der Waals surface area contributed by atoms with Crippen molar-refractivity contribution in [2.45, 2.75) is 44.8 Å². The topological polar surface area (TPSA) is 76.4 Å². The number of carbonyl (C=O) groups is 1. The average Bonchev–Trinajstić information content (AvgIpc) is 2.55. The fourth-order valence-electron chi connectivity index (χ4n) is 2.65. The van der Waals surface area contributed by atoms with Gasteiger partial charge in [-0.05, 0) is 43.5 Å². The van der Waals surface area contributed by atoms with Crippen LogP contribution in [0.15, 0.2) is 24.3 Å². The third-order valence-corrected chi connectivity index (χ3v) is 4.00. The molecule has 5 heteroatoms. The number of anilines is 1. The Labute approximate surface area is 131 Å². The minimum absolute atomic E-state index is 0.192. The molecule has 0 spiro atoms. The van der Waals surface area contributed by atoms with Gasteiger partial charge >= 0.3 is 0 Å². The fraction of sp³-hybridized carbons (Fsp3) is 0.529. The molecular weight excluding hydrogens is 278 g/mol. The van der Waals surface area contributed by atoms with E-state index in [0.29, 0.717) is 12.0 Å².